The summed E-state index contributed by atoms with van der Waals surface area (Å²) in [5.41, 5.74) is 0.704. The topological polar surface area (TPSA) is 98.0 Å². The average molecular weight is 409 g/mol. The first-order valence-corrected chi connectivity index (χ1v) is 9.67. The molecule has 1 aliphatic heterocycles. The number of anilines is 1. The van der Waals surface area contributed by atoms with Gasteiger partial charge in [0, 0.05) is 11.1 Å². The first kappa shape index (κ1) is 19.8. The fourth-order valence-corrected chi connectivity index (χ4v) is 3.68. The molecule has 1 amide bonds. The zero-order chi connectivity index (χ0) is 21.6. The number of hydrogen-bond donors (Lipinski definition) is 2. The van der Waals surface area contributed by atoms with Crippen molar-refractivity contribution in [2.24, 2.45) is 0 Å². The first-order valence-electron chi connectivity index (χ1n) is 9.67. The van der Waals surface area contributed by atoms with Gasteiger partial charge in [-0.05, 0) is 69.5 Å². The molecule has 0 radical (unpaired) electrons. The maximum Gasteiger partial charge on any atom is 0.364 e. The van der Waals surface area contributed by atoms with Gasteiger partial charge in [-0.3, -0.25) is 4.79 Å². The molecule has 0 bridgehead atoms. The summed E-state index contributed by atoms with van der Waals surface area (Å²) in [4.78, 5) is 25.2. The Morgan fingerprint density at radius 3 is 2.73 bits per heavy atom. The van der Waals surface area contributed by atoms with Crippen LogP contribution >= 0.6 is 0 Å². The van der Waals surface area contributed by atoms with Gasteiger partial charge in [0.15, 0.2) is 11.4 Å². The molecule has 3 aromatic rings. The number of amides is 1. The Labute approximate surface area is 173 Å². The summed E-state index contributed by atoms with van der Waals surface area (Å²) in [7, 11) is 1.51. The van der Waals surface area contributed by atoms with Crippen LogP contribution in [0.3, 0.4) is 0 Å². The normalized spacial score (nSPS) is 14.7. The molecule has 1 aliphatic rings. The van der Waals surface area contributed by atoms with Crippen molar-refractivity contribution in [3.63, 3.8) is 0 Å². The lowest BCUT2D eigenvalue weighted by atomic mass is 9.93. The highest BCUT2D eigenvalue weighted by molar-refractivity contribution is 6.06. The van der Waals surface area contributed by atoms with E-state index in [-0.39, 0.29) is 22.6 Å². The van der Waals surface area contributed by atoms with Crippen LogP contribution in [0, 0.1) is 6.92 Å². The van der Waals surface area contributed by atoms with Gasteiger partial charge in [-0.15, -0.1) is 0 Å². The lowest BCUT2D eigenvalue weighted by molar-refractivity contribution is 0.0846. The van der Waals surface area contributed by atoms with Crippen molar-refractivity contribution in [3.05, 3.63) is 57.4 Å². The molecule has 0 saturated heterocycles. The van der Waals surface area contributed by atoms with Crippen LogP contribution in [0.15, 0.2) is 39.5 Å². The molecule has 30 heavy (non-hydrogen) atoms. The van der Waals surface area contributed by atoms with Crippen LogP contribution < -0.4 is 20.4 Å². The van der Waals surface area contributed by atoms with Crippen molar-refractivity contribution in [3.8, 4) is 17.2 Å². The fraction of sp³-hybridized carbons (Fsp3) is 0.304. The van der Waals surface area contributed by atoms with Gasteiger partial charge in [0.05, 0.1) is 12.5 Å². The Morgan fingerprint density at radius 2 is 2.00 bits per heavy atom. The highest BCUT2D eigenvalue weighted by Crippen LogP contribution is 2.36. The molecule has 0 unspecified atom stereocenters. The van der Waals surface area contributed by atoms with E-state index in [4.69, 9.17) is 13.9 Å². The number of aromatic hydroxyl groups is 1. The number of aryl methyl sites for hydroxylation is 2. The minimum absolute atomic E-state index is 0.211. The molecule has 7 heteroatoms. The number of fused-ring (bicyclic) bond motifs is 2. The standard InChI is InChI=1S/C23H23NO6/c1-12-16(28-4)8-6-15-19(25)18(22(27)29-20(12)15)24-21(26)14-5-7-17-13(11-14)9-10-23(2,3)30-17/h5-8,11,25H,9-10H2,1-4H3,(H,24,26). The molecular weight excluding hydrogens is 386 g/mol. The second kappa shape index (κ2) is 7.09. The lowest BCUT2D eigenvalue weighted by Gasteiger charge is -2.32. The molecule has 0 spiro atoms. The lowest BCUT2D eigenvalue weighted by Crippen LogP contribution is -2.32. The summed E-state index contributed by atoms with van der Waals surface area (Å²) in [5.74, 6) is 0.416. The summed E-state index contributed by atoms with van der Waals surface area (Å²) in [6.45, 7) is 5.77. The minimum Gasteiger partial charge on any atom is -0.505 e. The van der Waals surface area contributed by atoms with E-state index in [1.165, 1.54) is 7.11 Å². The van der Waals surface area contributed by atoms with E-state index in [2.05, 4.69) is 5.32 Å². The van der Waals surface area contributed by atoms with Crippen molar-refractivity contribution in [2.45, 2.75) is 39.2 Å². The molecule has 4 rings (SSSR count). The van der Waals surface area contributed by atoms with Gasteiger partial charge in [-0.25, -0.2) is 4.79 Å². The quantitative estimate of drug-likeness (QED) is 0.630. The first-order chi connectivity index (χ1) is 14.2. The predicted molar refractivity (Wildman–Crippen MR) is 113 cm³/mol. The molecule has 0 atom stereocenters. The van der Waals surface area contributed by atoms with E-state index in [0.29, 0.717) is 22.3 Å². The summed E-state index contributed by atoms with van der Waals surface area (Å²) in [6, 6.07) is 8.36. The van der Waals surface area contributed by atoms with Crippen molar-refractivity contribution in [1.29, 1.82) is 0 Å². The summed E-state index contributed by atoms with van der Waals surface area (Å²) in [5, 5.41) is 13.4. The van der Waals surface area contributed by atoms with Crippen LogP contribution in [0.2, 0.25) is 0 Å². The number of hydrogen-bond acceptors (Lipinski definition) is 6. The Morgan fingerprint density at radius 1 is 1.23 bits per heavy atom. The molecule has 2 N–H and O–H groups in total. The van der Waals surface area contributed by atoms with Crippen molar-refractivity contribution in [2.75, 3.05) is 12.4 Å². The van der Waals surface area contributed by atoms with Gasteiger partial charge >= 0.3 is 5.63 Å². The zero-order valence-electron chi connectivity index (χ0n) is 17.3. The maximum atomic E-state index is 12.8. The van der Waals surface area contributed by atoms with Gasteiger partial charge in [0.25, 0.3) is 5.91 Å². The van der Waals surface area contributed by atoms with E-state index in [1.807, 2.05) is 13.8 Å². The van der Waals surface area contributed by atoms with Crippen LogP contribution in [0.4, 0.5) is 5.69 Å². The van der Waals surface area contributed by atoms with E-state index >= 15 is 0 Å². The van der Waals surface area contributed by atoms with Crippen LogP contribution in [0.25, 0.3) is 11.0 Å². The van der Waals surface area contributed by atoms with Gasteiger partial charge in [-0.1, -0.05) is 0 Å². The highest BCUT2D eigenvalue weighted by atomic mass is 16.5. The molecule has 2 aromatic carbocycles. The average Bonchev–Trinajstić information content (AvgIpc) is 2.70. The number of carbonyl (C=O) groups excluding carboxylic acids is 1. The molecular formula is C23H23NO6. The Balaban J connectivity index is 1.68. The number of rotatable bonds is 3. The smallest absolute Gasteiger partial charge is 0.364 e. The van der Waals surface area contributed by atoms with E-state index < -0.39 is 11.5 Å². The van der Waals surface area contributed by atoms with E-state index in [0.717, 1.165) is 24.2 Å². The number of nitrogens with one attached hydrogen (secondary N) is 1. The van der Waals surface area contributed by atoms with Gasteiger partial charge in [-0.2, -0.15) is 0 Å². The van der Waals surface area contributed by atoms with E-state index in [1.54, 1.807) is 37.3 Å². The number of carbonyl (C=O) groups is 1. The van der Waals surface area contributed by atoms with Crippen molar-refractivity contribution < 1.29 is 23.8 Å². The maximum absolute atomic E-state index is 12.8. The van der Waals surface area contributed by atoms with Gasteiger partial charge in [0.2, 0.25) is 0 Å². The SMILES string of the molecule is COc1ccc2c(O)c(NC(=O)c3ccc4c(c3)CCC(C)(C)O4)c(=O)oc2c1C. The fourth-order valence-electron chi connectivity index (χ4n) is 3.68. The van der Waals surface area contributed by atoms with Crippen LogP contribution in [0.1, 0.15) is 41.8 Å². The highest BCUT2D eigenvalue weighted by Gasteiger charge is 2.27. The molecule has 1 aromatic heterocycles. The second-order valence-electron chi connectivity index (χ2n) is 8.02. The third-order valence-electron chi connectivity index (χ3n) is 5.41. The molecule has 0 aliphatic carbocycles. The number of ether oxygens (including phenoxy) is 2. The van der Waals surface area contributed by atoms with Crippen molar-refractivity contribution in [1.82, 2.24) is 0 Å². The van der Waals surface area contributed by atoms with Crippen LogP contribution in [-0.2, 0) is 6.42 Å². The van der Waals surface area contributed by atoms with Gasteiger partial charge in [0.1, 0.15) is 22.7 Å². The number of benzene rings is 2. The zero-order valence-corrected chi connectivity index (χ0v) is 17.3. The second-order valence-corrected chi connectivity index (χ2v) is 8.02. The number of methoxy groups -OCH3 is 1. The molecule has 7 nitrogen and oxygen atoms in total. The summed E-state index contributed by atoms with van der Waals surface area (Å²) < 4.78 is 16.5. The Bertz CT molecular complexity index is 1220. The minimum atomic E-state index is -0.840. The third kappa shape index (κ3) is 3.36. The van der Waals surface area contributed by atoms with Crippen LogP contribution in [-0.4, -0.2) is 23.7 Å². The third-order valence-corrected chi connectivity index (χ3v) is 5.41. The summed E-state index contributed by atoms with van der Waals surface area (Å²) in [6.07, 6.45) is 1.62. The van der Waals surface area contributed by atoms with E-state index in [9.17, 15) is 14.7 Å². The Kier molecular flexibility index (Phi) is 4.68. The van der Waals surface area contributed by atoms with Crippen molar-refractivity contribution >= 4 is 22.6 Å². The predicted octanol–water partition coefficient (Wildman–Crippen LogP) is 4.17. The largest absolute Gasteiger partial charge is 0.505 e. The van der Waals surface area contributed by atoms with Gasteiger partial charge < -0.3 is 24.3 Å². The van der Waals surface area contributed by atoms with Crippen LogP contribution in [0.5, 0.6) is 17.2 Å². The molecule has 156 valence electrons. The molecule has 0 saturated carbocycles. The molecule has 2 heterocycles. The monoisotopic (exact) mass is 409 g/mol. The molecule has 0 fully saturated rings. The summed E-state index contributed by atoms with van der Waals surface area (Å²) >= 11 is 0. The Hall–Kier alpha value is -3.48.